The first-order chi connectivity index (χ1) is 2.94. The minimum atomic E-state index is -5.08. The monoisotopic (exact) mass is 132 g/mol. The molecule has 0 aliphatic heterocycles. The summed E-state index contributed by atoms with van der Waals surface area (Å²) in [7, 11) is 0. The van der Waals surface area contributed by atoms with E-state index in [0.717, 1.165) is 0 Å². The van der Waals surface area contributed by atoms with Crippen molar-refractivity contribution in [3.63, 3.8) is 0 Å². The zero-order chi connectivity index (χ0) is 6.08. The number of halogens is 3. The molecule has 0 saturated carbocycles. The molecule has 0 saturated heterocycles. The second-order valence-corrected chi connectivity index (χ2v) is 0.803. The third-order valence-electron chi connectivity index (χ3n) is 0.243. The lowest BCUT2D eigenvalue weighted by Crippen LogP contribution is -2.21. The van der Waals surface area contributed by atoms with Crippen molar-refractivity contribution >= 4 is 5.97 Å². The van der Waals surface area contributed by atoms with Crippen molar-refractivity contribution in [1.29, 1.82) is 0 Å². The topological polar surface area (TPSA) is 73.8 Å². The second-order valence-electron chi connectivity index (χ2n) is 0.803. The molecule has 5 N–H and O–H groups in total. The average Bonchev–Trinajstić information content (AvgIpc) is 1.31. The number of carbonyl (C=O) groups is 1. The van der Waals surface area contributed by atoms with Crippen LogP contribution < -0.4 is 6.15 Å². The zero-order valence-corrected chi connectivity index (χ0v) is 3.99. The standard InChI is InChI=1S/C2HF3O2.H3N/c3-2(4,5)1(6)7;/h(H,6,7);1H3/p+1. The van der Waals surface area contributed by atoms with Gasteiger partial charge >= 0.3 is 12.1 Å². The molecule has 50 valence electrons. The largest absolute Gasteiger partial charge is 0.490 e. The fraction of sp³-hybridized carbons (Fsp3) is 0.500. The maximum Gasteiger partial charge on any atom is 0.490 e. The van der Waals surface area contributed by atoms with Crippen LogP contribution in [0.25, 0.3) is 0 Å². The molecule has 0 bridgehead atoms. The van der Waals surface area contributed by atoms with Gasteiger partial charge < -0.3 is 11.3 Å². The molecule has 0 aromatic rings. The summed E-state index contributed by atoms with van der Waals surface area (Å²) in [6.45, 7) is 0. The van der Waals surface area contributed by atoms with Crippen LogP contribution in [0.4, 0.5) is 13.2 Å². The van der Waals surface area contributed by atoms with E-state index in [-0.39, 0.29) is 6.15 Å². The molecule has 3 nitrogen and oxygen atoms in total. The van der Waals surface area contributed by atoms with E-state index in [1.807, 2.05) is 0 Å². The minimum Gasteiger partial charge on any atom is -0.475 e. The van der Waals surface area contributed by atoms with Gasteiger partial charge in [-0.15, -0.1) is 0 Å². The minimum absolute atomic E-state index is 0. The summed E-state index contributed by atoms with van der Waals surface area (Å²) < 4.78 is 31.7. The predicted octanol–water partition coefficient (Wildman–Crippen LogP) is 1.01. The summed E-state index contributed by atoms with van der Waals surface area (Å²) in [5.41, 5.74) is 0. The quantitative estimate of drug-likeness (QED) is 0.516. The van der Waals surface area contributed by atoms with E-state index in [9.17, 15) is 13.2 Å². The fourth-order valence-electron chi connectivity index (χ4n) is 0. The Labute approximate surface area is 42.7 Å². The normalized spacial score (nSPS) is 9.88. The maximum absolute atomic E-state index is 10.6. The molecule has 0 aromatic carbocycles. The van der Waals surface area contributed by atoms with E-state index >= 15 is 0 Å². The van der Waals surface area contributed by atoms with Gasteiger partial charge in [-0.3, -0.25) is 0 Å². The highest BCUT2D eigenvalue weighted by Crippen LogP contribution is 2.13. The van der Waals surface area contributed by atoms with Gasteiger partial charge in [-0.2, -0.15) is 13.2 Å². The molecule has 0 amide bonds. The van der Waals surface area contributed by atoms with E-state index in [4.69, 9.17) is 9.90 Å². The zero-order valence-electron chi connectivity index (χ0n) is 3.99. The van der Waals surface area contributed by atoms with Gasteiger partial charge in [-0.05, 0) is 0 Å². The van der Waals surface area contributed by atoms with Gasteiger partial charge in [0.15, 0.2) is 0 Å². The molecule has 0 heterocycles. The molecule has 0 spiro atoms. The van der Waals surface area contributed by atoms with Crippen molar-refractivity contribution in [1.82, 2.24) is 6.15 Å². The Morgan fingerprint density at radius 1 is 1.38 bits per heavy atom. The fourth-order valence-corrected chi connectivity index (χ4v) is 0. The number of hydrogen-bond acceptors (Lipinski definition) is 1. The van der Waals surface area contributed by atoms with Crippen LogP contribution in [-0.4, -0.2) is 17.3 Å². The Morgan fingerprint density at radius 2 is 1.50 bits per heavy atom. The van der Waals surface area contributed by atoms with Gasteiger partial charge in [0.05, 0.1) is 0 Å². The SMILES string of the molecule is O=C(O)C(F)(F)F.[NH4+]. The summed E-state index contributed by atoms with van der Waals surface area (Å²) in [6, 6.07) is 0. The molecule has 0 rings (SSSR count). The van der Waals surface area contributed by atoms with Gasteiger partial charge in [0, 0.05) is 0 Å². The Kier molecular flexibility index (Phi) is 3.21. The highest BCUT2D eigenvalue weighted by atomic mass is 19.4. The first kappa shape index (κ1) is 10.3. The maximum atomic E-state index is 10.6. The Morgan fingerprint density at radius 3 is 1.50 bits per heavy atom. The van der Waals surface area contributed by atoms with Crippen molar-refractivity contribution in [2.45, 2.75) is 6.18 Å². The molecule has 0 unspecified atom stereocenters. The Bertz CT molecular complexity index is 87.8. The van der Waals surface area contributed by atoms with Crippen LogP contribution in [0.15, 0.2) is 0 Å². The van der Waals surface area contributed by atoms with Crippen molar-refractivity contribution in [2.24, 2.45) is 0 Å². The first-order valence-corrected chi connectivity index (χ1v) is 1.24. The Hall–Kier alpha value is -0.780. The van der Waals surface area contributed by atoms with Crippen LogP contribution in [0.3, 0.4) is 0 Å². The number of carboxylic acids is 1. The van der Waals surface area contributed by atoms with E-state index < -0.39 is 12.1 Å². The molecule has 0 aromatic heterocycles. The molecule has 6 heteroatoms. The van der Waals surface area contributed by atoms with Crippen LogP contribution in [0.1, 0.15) is 0 Å². The van der Waals surface area contributed by atoms with Crippen molar-refractivity contribution in [3.8, 4) is 0 Å². The predicted molar refractivity (Wildman–Crippen MR) is 19.7 cm³/mol. The van der Waals surface area contributed by atoms with Crippen molar-refractivity contribution in [3.05, 3.63) is 0 Å². The van der Waals surface area contributed by atoms with Crippen LogP contribution in [0, 0.1) is 0 Å². The second kappa shape index (κ2) is 2.51. The lowest BCUT2D eigenvalue weighted by Gasteiger charge is -1.93. The molecule has 8 heavy (non-hydrogen) atoms. The summed E-state index contributed by atoms with van der Waals surface area (Å²) in [6.07, 6.45) is -5.08. The third kappa shape index (κ3) is 3.41. The molecular weight excluding hydrogens is 127 g/mol. The first-order valence-electron chi connectivity index (χ1n) is 1.24. The smallest absolute Gasteiger partial charge is 0.475 e. The number of rotatable bonds is 0. The summed E-state index contributed by atoms with van der Waals surface area (Å²) >= 11 is 0. The average molecular weight is 132 g/mol. The summed E-state index contributed by atoms with van der Waals surface area (Å²) in [4.78, 5) is 8.90. The van der Waals surface area contributed by atoms with Gasteiger partial charge in [0.25, 0.3) is 0 Å². The third-order valence-corrected chi connectivity index (χ3v) is 0.243. The summed E-state index contributed by atoms with van der Waals surface area (Å²) in [5.74, 6) is -2.76. The van der Waals surface area contributed by atoms with E-state index in [2.05, 4.69) is 0 Å². The van der Waals surface area contributed by atoms with Crippen molar-refractivity contribution in [2.75, 3.05) is 0 Å². The molecule has 0 radical (unpaired) electrons. The molecule has 0 atom stereocenters. The Balaban J connectivity index is 0. The van der Waals surface area contributed by atoms with Gasteiger partial charge in [-0.1, -0.05) is 0 Å². The van der Waals surface area contributed by atoms with Gasteiger partial charge in [0.2, 0.25) is 0 Å². The number of aliphatic carboxylic acids is 1. The van der Waals surface area contributed by atoms with E-state index in [0.29, 0.717) is 0 Å². The van der Waals surface area contributed by atoms with Crippen molar-refractivity contribution < 1.29 is 23.1 Å². The molecule has 0 aliphatic carbocycles. The highest BCUT2D eigenvalue weighted by molar-refractivity contribution is 5.73. The molecule has 0 fully saturated rings. The van der Waals surface area contributed by atoms with Gasteiger partial charge in [0.1, 0.15) is 0 Å². The number of hydrogen-bond donors (Lipinski definition) is 2. The lowest BCUT2D eigenvalue weighted by atomic mass is 10.7. The lowest BCUT2D eigenvalue weighted by molar-refractivity contribution is -0.192. The number of carboxylic acid groups (broad SMARTS) is 1. The summed E-state index contributed by atoms with van der Waals surface area (Å²) in [5, 5.41) is 7.12. The van der Waals surface area contributed by atoms with Crippen LogP contribution >= 0.6 is 0 Å². The molecule has 0 aliphatic rings. The van der Waals surface area contributed by atoms with E-state index in [1.165, 1.54) is 0 Å². The highest BCUT2D eigenvalue weighted by Gasteiger charge is 2.38. The van der Waals surface area contributed by atoms with E-state index in [1.54, 1.807) is 0 Å². The number of alkyl halides is 3. The number of quaternary nitrogens is 1. The van der Waals surface area contributed by atoms with Crippen LogP contribution in [-0.2, 0) is 4.79 Å². The van der Waals surface area contributed by atoms with Gasteiger partial charge in [-0.25, -0.2) is 4.79 Å². The van der Waals surface area contributed by atoms with Crippen LogP contribution in [0.2, 0.25) is 0 Å². The van der Waals surface area contributed by atoms with Crippen LogP contribution in [0.5, 0.6) is 0 Å². The molecular formula is C2H5F3NO2+.